The summed E-state index contributed by atoms with van der Waals surface area (Å²) in [6.07, 6.45) is 8.38. The van der Waals surface area contributed by atoms with Gasteiger partial charge in [0.1, 0.15) is 5.75 Å². The minimum absolute atomic E-state index is 0.0442. The molecule has 1 unspecified atom stereocenters. The van der Waals surface area contributed by atoms with Crippen LogP contribution in [0.5, 0.6) is 5.75 Å². The standard InChI is InChI=1S/C17H28O2/c1-3-5-6-7-8-13-17(19-14-4-2)15-11-9-10-12-16(15)18/h9-12,17-18H,3-8,13-14H2,1-2H3. The molecular weight excluding hydrogens is 236 g/mol. The average Bonchev–Trinajstić information content (AvgIpc) is 2.43. The second-order valence-corrected chi connectivity index (χ2v) is 5.12. The van der Waals surface area contributed by atoms with E-state index in [-0.39, 0.29) is 6.10 Å². The van der Waals surface area contributed by atoms with E-state index in [2.05, 4.69) is 13.8 Å². The van der Waals surface area contributed by atoms with Crippen LogP contribution in [-0.4, -0.2) is 11.7 Å². The Balaban J connectivity index is 2.49. The van der Waals surface area contributed by atoms with Gasteiger partial charge in [-0.3, -0.25) is 0 Å². The summed E-state index contributed by atoms with van der Waals surface area (Å²) in [4.78, 5) is 0. The van der Waals surface area contributed by atoms with Crippen LogP contribution in [0.2, 0.25) is 0 Å². The lowest BCUT2D eigenvalue weighted by Crippen LogP contribution is -2.06. The van der Waals surface area contributed by atoms with Gasteiger partial charge in [0.2, 0.25) is 0 Å². The Kier molecular flexibility index (Phi) is 8.31. The lowest BCUT2D eigenvalue weighted by molar-refractivity contribution is 0.0436. The van der Waals surface area contributed by atoms with E-state index in [1.807, 2.05) is 18.2 Å². The number of aromatic hydroxyl groups is 1. The largest absolute Gasteiger partial charge is 0.508 e. The van der Waals surface area contributed by atoms with E-state index in [0.29, 0.717) is 5.75 Å². The molecular formula is C17H28O2. The predicted molar refractivity (Wildman–Crippen MR) is 80.5 cm³/mol. The van der Waals surface area contributed by atoms with Crippen molar-refractivity contribution in [2.75, 3.05) is 6.61 Å². The number of rotatable bonds is 10. The minimum atomic E-state index is 0.0442. The summed E-state index contributed by atoms with van der Waals surface area (Å²) in [6.45, 7) is 5.10. The maximum atomic E-state index is 9.94. The molecule has 0 heterocycles. The van der Waals surface area contributed by atoms with Gasteiger partial charge in [0, 0.05) is 12.2 Å². The van der Waals surface area contributed by atoms with E-state index < -0.39 is 0 Å². The molecule has 0 saturated carbocycles. The molecule has 2 nitrogen and oxygen atoms in total. The molecule has 0 bridgehead atoms. The van der Waals surface area contributed by atoms with Crippen molar-refractivity contribution in [3.63, 3.8) is 0 Å². The van der Waals surface area contributed by atoms with Gasteiger partial charge in [-0.1, -0.05) is 64.2 Å². The van der Waals surface area contributed by atoms with Crippen molar-refractivity contribution in [2.45, 2.75) is 64.9 Å². The second kappa shape index (κ2) is 9.85. The topological polar surface area (TPSA) is 29.5 Å². The van der Waals surface area contributed by atoms with Crippen molar-refractivity contribution in [3.8, 4) is 5.75 Å². The average molecular weight is 264 g/mol. The third-order valence-electron chi connectivity index (χ3n) is 3.38. The summed E-state index contributed by atoms with van der Waals surface area (Å²) in [5.74, 6) is 0.358. The molecule has 0 aliphatic heterocycles. The molecule has 1 rings (SSSR count). The quantitative estimate of drug-likeness (QED) is 0.587. The zero-order valence-electron chi connectivity index (χ0n) is 12.4. The molecule has 0 aromatic heterocycles. The predicted octanol–water partition coefficient (Wildman–Crippen LogP) is 5.22. The van der Waals surface area contributed by atoms with E-state index >= 15 is 0 Å². The molecule has 1 aromatic carbocycles. The van der Waals surface area contributed by atoms with Gasteiger partial charge in [0.25, 0.3) is 0 Å². The number of hydrogen-bond acceptors (Lipinski definition) is 2. The normalized spacial score (nSPS) is 12.5. The number of phenolic OH excluding ortho intramolecular Hbond substituents is 1. The highest BCUT2D eigenvalue weighted by molar-refractivity contribution is 5.33. The summed E-state index contributed by atoms with van der Waals surface area (Å²) < 4.78 is 5.90. The molecule has 2 heteroatoms. The van der Waals surface area contributed by atoms with Crippen molar-refractivity contribution < 1.29 is 9.84 Å². The Bertz CT molecular complexity index is 336. The van der Waals surface area contributed by atoms with Crippen LogP contribution in [0.1, 0.15) is 70.5 Å². The van der Waals surface area contributed by atoms with Crippen molar-refractivity contribution >= 4 is 0 Å². The van der Waals surface area contributed by atoms with E-state index in [9.17, 15) is 5.11 Å². The van der Waals surface area contributed by atoms with Gasteiger partial charge in [-0.15, -0.1) is 0 Å². The fourth-order valence-corrected chi connectivity index (χ4v) is 2.28. The van der Waals surface area contributed by atoms with Crippen LogP contribution in [0, 0.1) is 0 Å². The van der Waals surface area contributed by atoms with Gasteiger partial charge in [0.05, 0.1) is 6.10 Å². The molecule has 0 fully saturated rings. The second-order valence-electron chi connectivity index (χ2n) is 5.12. The molecule has 0 radical (unpaired) electrons. The number of hydrogen-bond donors (Lipinski definition) is 1. The van der Waals surface area contributed by atoms with Crippen LogP contribution in [0.3, 0.4) is 0 Å². The summed E-state index contributed by atoms with van der Waals surface area (Å²) in [7, 11) is 0. The Hall–Kier alpha value is -1.02. The molecule has 0 amide bonds. The number of unbranched alkanes of at least 4 members (excludes halogenated alkanes) is 4. The minimum Gasteiger partial charge on any atom is -0.508 e. The Morgan fingerprint density at radius 2 is 1.74 bits per heavy atom. The first-order chi connectivity index (χ1) is 9.29. The van der Waals surface area contributed by atoms with Crippen molar-refractivity contribution in [1.29, 1.82) is 0 Å². The summed E-state index contributed by atoms with van der Waals surface area (Å²) in [5, 5.41) is 9.94. The molecule has 0 aliphatic carbocycles. The smallest absolute Gasteiger partial charge is 0.121 e. The van der Waals surface area contributed by atoms with Crippen LogP contribution >= 0.6 is 0 Å². The van der Waals surface area contributed by atoms with Crippen LogP contribution in [0.25, 0.3) is 0 Å². The van der Waals surface area contributed by atoms with Gasteiger partial charge in [-0.2, -0.15) is 0 Å². The maximum Gasteiger partial charge on any atom is 0.121 e. The lowest BCUT2D eigenvalue weighted by atomic mass is 10.0. The monoisotopic (exact) mass is 264 g/mol. The zero-order valence-corrected chi connectivity index (χ0v) is 12.4. The highest BCUT2D eigenvalue weighted by Gasteiger charge is 2.14. The van der Waals surface area contributed by atoms with Crippen LogP contribution in [0.4, 0.5) is 0 Å². The van der Waals surface area contributed by atoms with Crippen LogP contribution in [0.15, 0.2) is 24.3 Å². The van der Waals surface area contributed by atoms with Gasteiger partial charge in [-0.25, -0.2) is 0 Å². The van der Waals surface area contributed by atoms with Crippen molar-refractivity contribution in [3.05, 3.63) is 29.8 Å². The van der Waals surface area contributed by atoms with E-state index in [0.717, 1.165) is 25.0 Å². The van der Waals surface area contributed by atoms with Crippen LogP contribution in [-0.2, 0) is 4.74 Å². The first kappa shape index (κ1) is 16.0. The number of benzene rings is 1. The number of para-hydroxylation sites is 1. The summed E-state index contributed by atoms with van der Waals surface area (Å²) in [5.41, 5.74) is 0.937. The number of phenols is 1. The molecule has 19 heavy (non-hydrogen) atoms. The van der Waals surface area contributed by atoms with Gasteiger partial charge in [0.15, 0.2) is 0 Å². The van der Waals surface area contributed by atoms with Crippen molar-refractivity contribution in [1.82, 2.24) is 0 Å². The maximum absolute atomic E-state index is 9.94. The van der Waals surface area contributed by atoms with Gasteiger partial charge in [-0.05, 0) is 18.9 Å². The third kappa shape index (κ3) is 6.11. The molecule has 1 aromatic rings. The fraction of sp³-hybridized carbons (Fsp3) is 0.647. The highest BCUT2D eigenvalue weighted by atomic mass is 16.5. The first-order valence-corrected chi connectivity index (χ1v) is 7.69. The molecule has 1 atom stereocenters. The highest BCUT2D eigenvalue weighted by Crippen LogP contribution is 2.30. The van der Waals surface area contributed by atoms with E-state index in [4.69, 9.17) is 4.74 Å². The molecule has 1 N–H and O–H groups in total. The van der Waals surface area contributed by atoms with Crippen LogP contribution < -0.4 is 0 Å². The van der Waals surface area contributed by atoms with Gasteiger partial charge >= 0.3 is 0 Å². The SMILES string of the molecule is CCCCCCCC(OCCC)c1ccccc1O. The third-order valence-corrected chi connectivity index (χ3v) is 3.38. The Morgan fingerprint density at radius 3 is 2.42 bits per heavy atom. The van der Waals surface area contributed by atoms with Gasteiger partial charge < -0.3 is 9.84 Å². The van der Waals surface area contributed by atoms with E-state index in [1.165, 1.54) is 32.1 Å². The van der Waals surface area contributed by atoms with E-state index in [1.54, 1.807) is 6.07 Å². The summed E-state index contributed by atoms with van der Waals surface area (Å²) >= 11 is 0. The Labute approximate surface area is 117 Å². The molecule has 108 valence electrons. The molecule has 0 saturated heterocycles. The molecule has 0 spiro atoms. The lowest BCUT2D eigenvalue weighted by Gasteiger charge is -2.19. The zero-order chi connectivity index (χ0) is 13.9. The number of ether oxygens (including phenoxy) is 1. The Morgan fingerprint density at radius 1 is 1.00 bits per heavy atom. The first-order valence-electron chi connectivity index (χ1n) is 7.69. The fourth-order valence-electron chi connectivity index (χ4n) is 2.28. The summed E-state index contributed by atoms with van der Waals surface area (Å²) in [6, 6.07) is 7.54. The molecule has 0 aliphatic rings. The van der Waals surface area contributed by atoms with Crippen molar-refractivity contribution in [2.24, 2.45) is 0 Å².